The first-order valence-electron chi connectivity index (χ1n) is 8.59. The maximum Gasteiger partial charge on any atom is 0.329 e. The van der Waals surface area contributed by atoms with E-state index in [1.54, 1.807) is 42.5 Å². The molecule has 1 aromatic rings. The average molecular weight is 374 g/mol. The first kappa shape index (κ1) is 20.5. The molecule has 0 heterocycles. The van der Waals surface area contributed by atoms with E-state index in [4.69, 9.17) is 19.7 Å². The van der Waals surface area contributed by atoms with Crippen LogP contribution >= 0.6 is 0 Å². The zero-order valence-corrected chi connectivity index (χ0v) is 14.7. The normalized spacial score (nSPS) is 19.4. The smallest absolute Gasteiger partial charge is 0.329 e. The van der Waals surface area contributed by atoms with Gasteiger partial charge in [-0.1, -0.05) is 30.4 Å². The minimum atomic E-state index is -1.16. The topological polar surface area (TPSA) is 110 Å². The van der Waals surface area contributed by atoms with Gasteiger partial charge in [0.2, 0.25) is 0 Å². The van der Waals surface area contributed by atoms with Crippen LogP contribution in [0.4, 0.5) is 0 Å². The summed E-state index contributed by atoms with van der Waals surface area (Å²) in [5.74, 6) is -2.27. The number of Topliss-reactive ketones (excluding diaryl/α,β-unsaturated/α-hetero) is 1. The SMILES string of the molecule is O=C(O)COC1C=CCC(=O)C1C(=O)C=Cc1ccc(OCCCO)cc1. The summed E-state index contributed by atoms with van der Waals surface area (Å²) in [5.41, 5.74) is 0.750. The fourth-order valence-electron chi connectivity index (χ4n) is 2.59. The number of carboxylic acids is 1. The molecule has 0 fully saturated rings. The highest BCUT2D eigenvalue weighted by atomic mass is 16.5. The molecule has 0 aliphatic heterocycles. The zero-order valence-electron chi connectivity index (χ0n) is 14.7. The molecule has 1 aliphatic rings. The molecule has 144 valence electrons. The number of allylic oxidation sites excluding steroid dienone is 2. The van der Waals surface area contributed by atoms with E-state index in [9.17, 15) is 14.4 Å². The lowest BCUT2D eigenvalue weighted by atomic mass is 9.86. The third-order valence-corrected chi connectivity index (χ3v) is 3.92. The molecule has 0 bridgehead atoms. The van der Waals surface area contributed by atoms with Gasteiger partial charge in [0.1, 0.15) is 24.1 Å². The number of hydrogen-bond donors (Lipinski definition) is 2. The molecule has 0 saturated heterocycles. The molecule has 2 unspecified atom stereocenters. The second kappa shape index (κ2) is 10.4. The highest BCUT2D eigenvalue weighted by Crippen LogP contribution is 2.21. The van der Waals surface area contributed by atoms with Gasteiger partial charge in [-0.25, -0.2) is 4.79 Å². The summed E-state index contributed by atoms with van der Waals surface area (Å²) in [6, 6.07) is 7.02. The molecule has 0 aromatic heterocycles. The third-order valence-electron chi connectivity index (χ3n) is 3.92. The van der Waals surface area contributed by atoms with Gasteiger partial charge in [-0.15, -0.1) is 0 Å². The van der Waals surface area contributed by atoms with Crippen LogP contribution in [0.2, 0.25) is 0 Å². The Morgan fingerprint density at radius 1 is 1.22 bits per heavy atom. The number of carbonyl (C=O) groups excluding carboxylic acids is 2. The largest absolute Gasteiger partial charge is 0.494 e. The summed E-state index contributed by atoms with van der Waals surface area (Å²) in [5, 5.41) is 17.5. The van der Waals surface area contributed by atoms with Crippen LogP contribution in [-0.2, 0) is 19.1 Å². The van der Waals surface area contributed by atoms with E-state index >= 15 is 0 Å². The van der Waals surface area contributed by atoms with Crippen molar-refractivity contribution in [3.05, 3.63) is 48.1 Å². The van der Waals surface area contributed by atoms with Crippen molar-refractivity contribution in [3.63, 3.8) is 0 Å². The Bertz CT molecular complexity index is 718. The molecule has 1 aliphatic carbocycles. The van der Waals surface area contributed by atoms with Crippen molar-refractivity contribution in [2.24, 2.45) is 5.92 Å². The second-order valence-electron chi connectivity index (χ2n) is 5.98. The number of hydrogen-bond acceptors (Lipinski definition) is 6. The molecule has 0 spiro atoms. The van der Waals surface area contributed by atoms with Crippen LogP contribution in [0.3, 0.4) is 0 Å². The van der Waals surface area contributed by atoms with Crippen molar-refractivity contribution in [3.8, 4) is 5.75 Å². The number of ether oxygens (including phenoxy) is 2. The maximum atomic E-state index is 12.5. The Kier molecular flexibility index (Phi) is 7.91. The predicted molar refractivity (Wildman–Crippen MR) is 97.3 cm³/mol. The molecule has 0 radical (unpaired) electrons. The Labute approximate surface area is 156 Å². The highest BCUT2D eigenvalue weighted by molar-refractivity contribution is 6.10. The molecule has 7 heteroatoms. The molecule has 7 nitrogen and oxygen atoms in total. The molecular formula is C20H22O7. The first-order chi connectivity index (χ1) is 13.0. The number of ketones is 2. The van der Waals surface area contributed by atoms with E-state index in [1.807, 2.05) is 0 Å². The molecular weight excluding hydrogens is 352 g/mol. The van der Waals surface area contributed by atoms with Gasteiger partial charge in [-0.2, -0.15) is 0 Å². The first-order valence-corrected chi connectivity index (χ1v) is 8.59. The van der Waals surface area contributed by atoms with Crippen molar-refractivity contribution in [1.29, 1.82) is 0 Å². The van der Waals surface area contributed by atoms with Gasteiger partial charge in [-0.05, 0) is 23.8 Å². The Morgan fingerprint density at radius 2 is 1.96 bits per heavy atom. The number of carboxylic acid groups (broad SMARTS) is 1. The standard InChI is InChI=1S/C20H22O7/c21-11-2-12-26-15-8-5-14(6-9-15)7-10-17(23)20-16(22)3-1-4-18(20)27-13-19(24)25/h1,4-10,18,20-21H,2-3,11-13H2,(H,24,25). The summed E-state index contributed by atoms with van der Waals surface area (Å²) in [4.78, 5) is 35.2. The lowest BCUT2D eigenvalue weighted by Gasteiger charge is -2.24. The Balaban J connectivity index is 1.99. The van der Waals surface area contributed by atoms with Gasteiger partial charge in [0, 0.05) is 19.4 Å². The van der Waals surface area contributed by atoms with Gasteiger partial charge < -0.3 is 19.7 Å². The summed E-state index contributed by atoms with van der Waals surface area (Å²) < 4.78 is 10.6. The van der Waals surface area contributed by atoms with Crippen LogP contribution in [0.15, 0.2) is 42.5 Å². The van der Waals surface area contributed by atoms with Crippen LogP contribution in [0, 0.1) is 5.92 Å². The van der Waals surface area contributed by atoms with Crippen LogP contribution < -0.4 is 4.74 Å². The van der Waals surface area contributed by atoms with Crippen LogP contribution in [0.25, 0.3) is 6.08 Å². The number of carbonyl (C=O) groups is 3. The number of aliphatic carboxylic acids is 1. The Morgan fingerprint density at radius 3 is 2.63 bits per heavy atom. The number of benzene rings is 1. The lowest BCUT2D eigenvalue weighted by molar-refractivity contribution is -0.148. The van der Waals surface area contributed by atoms with Gasteiger partial charge in [0.15, 0.2) is 5.78 Å². The molecule has 2 rings (SSSR count). The van der Waals surface area contributed by atoms with E-state index in [2.05, 4.69) is 0 Å². The van der Waals surface area contributed by atoms with E-state index in [-0.39, 0.29) is 18.8 Å². The number of aliphatic hydroxyl groups excluding tert-OH is 1. The van der Waals surface area contributed by atoms with Crippen LogP contribution in [-0.4, -0.2) is 53.7 Å². The minimum absolute atomic E-state index is 0.0647. The van der Waals surface area contributed by atoms with Gasteiger partial charge in [0.05, 0.1) is 12.7 Å². The quantitative estimate of drug-likeness (QED) is 0.277. The predicted octanol–water partition coefficient (Wildman–Crippen LogP) is 1.65. The van der Waals surface area contributed by atoms with Gasteiger partial charge >= 0.3 is 5.97 Å². The van der Waals surface area contributed by atoms with Crippen LogP contribution in [0.5, 0.6) is 5.75 Å². The van der Waals surface area contributed by atoms with Crippen molar-refractivity contribution < 1.29 is 34.1 Å². The van der Waals surface area contributed by atoms with E-state index < -0.39 is 30.4 Å². The van der Waals surface area contributed by atoms with Gasteiger partial charge in [-0.3, -0.25) is 9.59 Å². The third kappa shape index (κ3) is 6.47. The summed E-state index contributed by atoms with van der Waals surface area (Å²) in [7, 11) is 0. The molecule has 2 atom stereocenters. The minimum Gasteiger partial charge on any atom is -0.494 e. The summed E-state index contributed by atoms with van der Waals surface area (Å²) in [6.07, 6.45) is 5.82. The fraction of sp³-hybridized carbons (Fsp3) is 0.350. The van der Waals surface area contributed by atoms with E-state index in [0.717, 1.165) is 5.56 Å². The monoisotopic (exact) mass is 374 g/mol. The Hall–Kier alpha value is -2.77. The van der Waals surface area contributed by atoms with Crippen molar-refractivity contribution in [1.82, 2.24) is 0 Å². The molecule has 27 heavy (non-hydrogen) atoms. The van der Waals surface area contributed by atoms with Crippen molar-refractivity contribution in [2.45, 2.75) is 18.9 Å². The van der Waals surface area contributed by atoms with Crippen molar-refractivity contribution in [2.75, 3.05) is 19.8 Å². The van der Waals surface area contributed by atoms with Crippen LogP contribution in [0.1, 0.15) is 18.4 Å². The molecule has 1 aromatic carbocycles. The second-order valence-corrected chi connectivity index (χ2v) is 5.98. The fourth-order valence-corrected chi connectivity index (χ4v) is 2.59. The average Bonchev–Trinajstić information content (AvgIpc) is 2.65. The molecule has 2 N–H and O–H groups in total. The van der Waals surface area contributed by atoms with Crippen molar-refractivity contribution >= 4 is 23.6 Å². The number of rotatable bonds is 10. The van der Waals surface area contributed by atoms with Gasteiger partial charge in [0.25, 0.3) is 0 Å². The maximum absolute atomic E-state index is 12.5. The summed E-state index contributed by atoms with van der Waals surface area (Å²) in [6.45, 7) is -0.0953. The van der Waals surface area contributed by atoms with E-state index in [1.165, 1.54) is 6.08 Å². The zero-order chi connectivity index (χ0) is 19.6. The summed E-state index contributed by atoms with van der Waals surface area (Å²) >= 11 is 0. The lowest BCUT2D eigenvalue weighted by Crippen LogP contribution is -2.38. The highest BCUT2D eigenvalue weighted by Gasteiger charge is 2.34. The molecule has 0 saturated carbocycles. The molecule has 0 amide bonds. The number of aliphatic hydroxyl groups is 1. The van der Waals surface area contributed by atoms with E-state index in [0.29, 0.717) is 18.8 Å².